The highest BCUT2D eigenvalue weighted by molar-refractivity contribution is 5.93. The van der Waals surface area contributed by atoms with E-state index in [1.54, 1.807) is 16.8 Å². The van der Waals surface area contributed by atoms with Gasteiger partial charge in [-0.25, -0.2) is 9.50 Å². The number of likely N-dealkylation sites (tertiary alicyclic amines) is 1. The van der Waals surface area contributed by atoms with Crippen LogP contribution in [0.4, 0.5) is 0 Å². The van der Waals surface area contributed by atoms with E-state index >= 15 is 0 Å². The second-order valence-electron chi connectivity index (χ2n) is 6.50. The summed E-state index contributed by atoms with van der Waals surface area (Å²) in [6, 6.07) is 11.6. The van der Waals surface area contributed by atoms with Crippen LogP contribution in [-0.4, -0.2) is 38.5 Å². The van der Waals surface area contributed by atoms with E-state index < -0.39 is 0 Å². The first kappa shape index (κ1) is 16.3. The highest BCUT2D eigenvalue weighted by Gasteiger charge is 2.20. The van der Waals surface area contributed by atoms with Crippen molar-refractivity contribution in [3.63, 3.8) is 0 Å². The number of carbonyl (C=O) groups excluding carboxylic acids is 1. The molecule has 0 atom stereocenters. The van der Waals surface area contributed by atoms with Gasteiger partial charge in [-0.2, -0.15) is 5.10 Å². The molecule has 0 aliphatic carbocycles. The lowest BCUT2D eigenvalue weighted by Gasteiger charge is -2.18. The Morgan fingerprint density at radius 2 is 1.69 bits per heavy atom. The molecule has 0 saturated carbocycles. The lowest BCUT2D eigenvalue weighted by Crippen LogP contribution is -2.32. The third-order valence-corrected chi connectivity index (χ3v) is 4.55. The lowest BCUT2D eigenvalue weighted by molar-refractivity contribution is 0.0755. The van der Waals surface area contributed by atoms with Crippen molar-refractivity contribution in [3.8, 4) is 11.8 Å². The SMILES string of the molecule is O=C(c1cc2ncc(C#Cc3ccccc3)cn2n1)N1CCCCCC1. The maximum absolute atomic E-state index is 12.7. The van der Waals surface area contributed by atoms with Gasteiger partial charge in [-0.1, -0.05) is 42.9 Å². The number of aromatic nitrogens is 3. The largest absolute Gasteiger partial charge is 0.337 e. The molecule has 3 heterocycles. The van der Waals surface area contributed by atoms with E-state index in [0.29, 0.717) is 11.3 Å². The van der Waals surface area contributed by atoms with Gasteiger partial charge in [0.2, 0.25) is 0 Å². The standard InChI is InChI=1S/C21H20N4O/c26-21(24-12-6-1-2-7-13-24)19-14-20-22-15-18(16-25(20)23-19)11-10-17-8-4-3-5-9-17/h3-5,8-9,14-16H,1-2,6-7,12-13H2. The molecule has 0 radical (unpaired) electrons. The average Bonchev–Trinajstić information content (AvgIpc) is 2.91. The molecule has 0 spiro atoms. The molecule has 1 amide bonds. The molecule has 1 aromatic carbocycles. The molecular weight excluding hydrogens is 324 g/mol. The number of hydrogen-bond donors (Lipinski definition) is 0. The van der Waals surface area contributed by atoms with Crippen LogP contribution in [0.5, 0.6) is 0 Å². The molecule has 5 nitrogen and oxygen atoms in total. The van der Waals surface area contributed by atoms with E-state index in [1.807, 2.05) is 41.4 Å². The molecule has 5 heteroatoms. The van der Waals surface area contributed by atoms with Crippen LogP contribution in [0.3, 0.4) is 0 Å². The zero-order chi connectivity index (χ0) is 17.8. The van der Waals surface area contributed by atoms with Crippen molar-refractivity contribution in [3.05, 3.63) is 65.6 Å². The van der Waals surface area contributed by atoms with Crippen LogP contribution in [0, 0.1) is 11.8 Å². The summed E-state index contributed by atoms with van der Waals surface area (Å²) in [6.07, 6.45) is 8.05. The zero-order valence-electron chi connectivity index (χ0n) is 14.6. The Morgan fingerprint density at radius 3 is 2.46 bits per heavy atom. The van der Waals surface area contributed by atoms with E-state index in [1.165, 1.54) is 12.8 Å². The number of hydrogen-bond acceptors (Lipinski definition) is 3. The third kappa shape index (κ3) is 3.60. The van der Waals surface area contributed by atoms with Crippen molar-refractivity contribution < 1.29 is 4.79 Å². The molecule has 4 rings (SSSR count). The van der Waals surface area contributed by atoms with Gasteiger partial charge in [0.1, 0.15) is 0 Å². The van der Waals surface area contributed by atoms with Gasteiger partial charge in [-0.05, 0) is 25.0 Å². The smallest absolute Gasteiger partial charge is 0.274 e. The molecular formula is C21H20N4O. The molecule has 0 bridgehead atoms. The van der Waals surface area contributed by atoms with Crippen molar-refractivity contribution in [2.75, 3.05) is 13.1 Å². The zero-order valence-corrected chi connectivity index (χ0v) is 14.6. The Balaban J connectivity index is 1.58. The molecule has 0 N–H and O–H groups in total. The third-order valence-electron chi connectivity index (χ3n) is 4.55. The summed E-state index contributed by atoms with van der Waals surface area (Å²) in [4.78, 5) is 19.0. The summed E-state index contributed by atoms with van der Waals surface area (Å²) in [5.74, 6) is 6.20. The first-order chi connectivity index (χ1) is 12.8. The summed E-state index contributed by atoms with van der Waals surface area (Å²) in [6.45, 7) is 1.63. The quantitative estimate of drug-likeness (QED) is 0.637. The summed E-state index contributed by atoms with van der Waals surface area (Å²) >= 11 is 0. The van der Waals surface area contributed by atoms with Crippen LogP contribution in [0.15, 0.2) is 48.8 Å². The monoisotopic (exact) mass is 344 g/mol. The normalized spacial score (nSPS) is 14.5. The Kier molecular flexibility index (Phi) is 4.65. The van der Waals surface area contributed by atoms with Gasteiger partial charge in [0.05, 0.1) is 5.56 Å². The molecule has 26 heavy (non-hydrogen) atoms. The maximum Gasteiger partial charge on any atom is 0.274 e. The highest BCUT2D eigenvalue weighted by atomic mass is 16.2. The fourth-order valence-corrected chi connectivity index (χ4v) is 3.15. The Hall–Kier alpha value is -3.13. The summed E-state index contributed by atoms with van der Waals surface area (Å²) in [7, 11) is 0. The molecule has 1 aliphatic rings. The van der Waals surface area contributed by atoms with Crippen molar-refractivity contribution in [1.82, 2.24) is 19.5 Å². The topological polar surface area (TPSA) is 50.5 Å². The number of amides is 1. The number of fused-ring (bicyclic) bond motifs is 1. The molecule has 0 unspecified atom stereocenters. The van der Waals surface area contributed by atoms with E-state index in [2.05, 4.69) is 21.9 Å². The van der Waals surface area contributed by atoms with E-state index in [4.69, 9.17) is 0 Å². The van der Waals surface area contributed by atoms with E-state index in [-0.39, 0.29) is 5.91 Å². The molecule has 1 fully saturated rings. The number of benzene rings is 1. The summed E-state index contributed by atoms with van der Waals surface area (Å²) in [5, 5.41) is 4.43. The van der Waals surface area contributed by atoms with Crippen LogP contribution in [0.2, 0.25) is 0 Å². The minimum Gasteiger partial charge on any atom is -0.337 e. The second-order valence-corrected chi connectivity index (χ2v) is 6.50. The number of nitrogens with zero attached hydrogens (tertiary/aromatic N) is 4. The predicted molar refractivity (Wildman–Crippen MR) is 99.8 cm³/mol. The van der Waals surface area contributed by atoms with Gasteiger partial charge in [0.15, 0.2) is 11.3 Å². The second kappa shape index (κ2) is 7.40. The van der Waals surface area contributed by atoms with Crippen molar-refractivity contribution in [2.45, 2.75) is 25.7 Å². The van der Waals surface area contributed by atoms with Crippen molar-refractivity contribution in [1.29, 1.82) is 0 Å². The van der Waals surface area contributed by atoms with E-state index in [0.717, 1.165) is 37.1 Å². The van der Waals surface area contributed by atoms with Crippen molar-refractivity contribution in [2.24, 2.45) is 0 Å². The minimum atomic E-state index is -0.00526. The first-order valence-electron chi connectivity index (χ1n) is 9.01. The molecule has 130 valence electrons. The van der Waals surface area contributed by atoms with Crippen LogP contribution >= 0.6 is 0 Å². The predicted octanol–water partition coefficient (Wildman–Crippen LogP) is 3.15. The maximum atomic E-state index is 12.7. The fourth-order valence-electron chi connectivity index (χ4n) is 3.15. The molecule has 1 saturated heterocycles. The van der Waals surface area contributed by atoms with Crippen LogP contribution < -0.4 is 0 Å². The lowest BCUT2D eigenvalue weighted by atomic mass is 10.2. The van der Waals surface area contributed by atoms with Gasteiger partial charge in [0.25, 0.3) is 5.91 Å². The van der Waals surface area contributed by atoms with Gasteiger partial charge >= 0.3 is 0 Å². The van der Waals surface area contributed by atoms with Gasteiger partial charge in [-0.3, -0.25) is 4.79 Å². The van der Waals surface area contributed by atoms with Gasteiger partial charge < -0.3 is 4.90 Å². The van der Waals surface area contributed by atoms with Crippen LogP contribution in [0.25, 0.3) is 5.65 Å². The van der Waals surface area contributed by atoms with Gasteiger partial charge in [-0.15, -0.1) is 0 Å². The Bertz CT molecular complexity index is 973. The molecule has 1 aliphatic heterocycles. The summed E-state index contributed by atoms with van der Waals surface area (Å²) in [5.41, 5.74) is 2.82. The first-order valence-corrected chi connectivity index (χ1v) is 9.01. The Labute approximate surface area is 152 Å². The van der Waals surface area contributed by atoms with Crippen LogP contribution in [-0.2, 0) is 0 Å². The van der Waals surface area contributed by atoms with Gasteiger partial charge in [0, 0.05) is 37.1 Å². The molecule has 2 aromatic heterocycles. The summed E-state index contributed by atoms with van der Waals surface area (Å²) < 4.78 is 1.64. The fraction of sp³-hybridized carbons (Fsp3) is 0.286. The molecule has 3 aromatic rings. The minimum absolute atomic E-state index is 0.00526. The van der Waals surface area contributed by atoms with E-state index in [9.17, 15) is 4.79 Å². The number of rotatable bonds is 1. The number of carbonyl (C=O) groups is 1. The van der Waals surface area contributed by atoms with Crippen molar-refractivity contribution >= 4 is 11.6 Å². The average molecular weight is 344 g/mol. The Morgan fingerprint density at radius 1 is 0.962 bits per heavy atom. The van der Waals surface area contributed by atoms with Crippen LogP contribution in [0.1, 0.15) is 47.3 Å². The highest BCUT2D eigenvalue weighted by Crippen LogP contribution is 2.14.